The Balaban J connectivity index is 1.11. The van der Waals surface area contributed by atoms with Gasteiger partial charge in [-0.25, -0.2) is 17.6 Å². The maximum Gasteiger partial charge on any atom is 0.422 e. The van der Waals surface area contributed by atoms with E-state index in [4.69, 9.17) is 4.74 Å². The van der Waals surface area contributed by atoms with Gasteiger partial charge < -0.3 is 4.74 Å². The number of rotatable bonds is 9. The molecule has 9 heteroatoms. The molecule has 0 amide bonds. The van der Waals surface area contributed by atoms with E-state index >= 15 is 8.78 Å². The zero-order chi connectivity index (χ0) is 30.0. The Hall–Kier alpha value is -2.13. The summed E-state index contributed by atoms with van der Waals surface area (Å²) in [6.45, 7) is 2.67. The number of hydrogen-bond acceptors (Lipinski definition) is 2. The third kappa shape index (κ3) is 6.98. The van der Waals surface area contributed by atoms with Crippen molar-refractivity contribution in [2.24, 2.45) is 5.92 Å². The highest BCUT2D eigenvalue weighted by Crippen LogP contribution is 2.43. The summed E-state index contributed by atoms with van der Waals surface area (Å²) >= 11 is 1.44. The Bertz CT molecular complexity index is 1340. The van der Waals surface area contributed by atoms with Gasteiger partial charge in [-0.15, -0.1) is 11.3 Å². The molecule has 1 heterocycles. The second-order valence-corrected chi connectivity index (χ2v) is 13.2. The normalized spacial score (nSPS) is 23.5. The van der Waals surface area contributed by atoms with Crippen molar-refractivity contribution in [1.82, 2.24) is 0 Å². The minimum atomic E-state index is -5.07. The van der Waals surface area contributed by atoms with Crippen molar-refractivity contribution in [1.29, 1.82) is 0 Å². The smallest absolute Gasteiger partial charge is 0.378 e. The lowest BCUT2D eigenvalue weighted by Crippen LogP contribution is -2.26. The molecule has 0 radical (unpaired) electrons. The van der Waals surface area contributed by atoms with Gasteiger partial charge in [0, 0.05) is 17.0 Å². The van der Waals surface area contributed by atoms with E-state index in [2.05, 4.69) is 6.92 Å². The largest absolute Gasteiger partial charge is 0.422 e. The Kier molecular flexibility index (Phi) is 9.87. The minimum absolute atomic E-state index is 0.0128. The predicted molar refractivity (Wildman–Crippen MR) is 152 cm³/mol. The van der Waals surface area contributed by atoms with Crippen LogP contribution in [0.5, 0.6) is 0 Å². The molecule has 2 fully saturated rings. The van der Waals surface area contributed by atoms with Gasteiger partial charge in [0.25, 0.3) is 0 Å². The molecular formula is C33H37F7OS. The Morgan fingerprint density at radius 2 is 1.43 bits per heavy atom. The molecule has 0 spiro atoms. The van der Waals surface area contributed by atoms with Crippen molar-refractivity contribution < 1.29 is 35.5 Å². The van der Waals surface area contributed by atoms with Crippen molar-refractivity contribution >= 4 is 21.4 Å². The van der Waals surface area contributed by atoms with Gasteiger partial charge in [0.15, 0.2) is 0 Å². The molecule has 230 valence electrons. The molecule has 42 heavy (non-hydrogen) atoms. The van der Waals surface area contributed by atoms with Gasteiger partial charge in [-0.3, -0.25) is 0 Å². The summed E-state index contributed by atoms with van der Waals surface area (Å²) in [7, 11) is 0. The first-order valence-electron chi connectivity index (χ1n) is 15.1. The SMILES string of the molecule is CCCCCc1cc2cc(F)c(C3CCC(OCC4CCC(c5cc(F)c(C(F)(F)F)c(F)c5)CC4)CC3)c(F)c2s1. The van der Waals surface area contributed by atoms with Crippen LogP contribution < -0.4 is 0 Å². The number of thiophene rings is 1. The fourth-order valence-corrected chi connectivity index (χ4v) is 7.91. The van der Waals surface area contributed by atoms with Crippen LogP contribution in [0.25, 0.3) is 10.1 Å². The number of benzene rings is 2. The first kappa shape index (κ1) is 31.3. The molecule has 2 aromatic carbocycles. The molecule has 1 nitrogen and oxygen atoms in total. The van der Waals surface area contributed by atoms with Gasteiger partial charge in [0.05, 0.1) is 10.8 Å². The first-order chi connectivity index (χ1) is 20.0. The van der Waals surface area contributed by atoms with E-state index in [9.17, 15) is 22.0 Å². The maximum absolute atomic E-state index is 15.5. The fraction of sp³-hybridized carbons (Fsp3) is 0.576. The number of halogens is 7. The molecule has 0 bridgehead atoms. The van der Waals surface area contributed by atoms with Crippen LogP contribution in [0, 0.1) is 29.2 Å². The topological polar surface area (TPSA) is 9.23 Å². The fourth-order valence-electron chi connectivity index (χ4n) is 6.78. The molecule has 2 aliphatic carbocycles. The number of fused-ring (bicyclic) bond motifs is 1. The van der Waals surface area contributed by atoms with Gasteiger partial charge in [-0.05, 0) is 117 Å². The standard InChI is InChI=1S/C33H37F7OS/c1-2-3-4-5-25-14-23-17-26(34)29(31(37)32(23)42-25)21-10-12-24(13-11-21)41-18-19-6-8-20(9-7-19)22-15-27(35)30(28(36)16-22)33(38,39)40/h14-17,19-21,24H,2-13,18H2,1H3. The second kappa shape index (κ2) is 13.2. The molecule has 0 unspecified atom stereocenters. The summed E-state index contributed by atoms with van der Waals surface area (Å²) in [4.78, 5) is 1.10. The summed E-state index contributed by atoms with van der Waals surface area (Å²) in [6.07, 6.45) is 4.58. The van der Waals surface area contributed by atoms with Crippen molar-refractivity contribution in [3.05, 3.63) is 69.1 Å². The van der Waals surface area contributed by atoms with Crippen LogP contribution in [0.15, 0.2) is 24.3 Å². The molecule has 0 saturated heterocycles. The van der Waals surface area contributed by atoms with Gasteiger partial charge in [0.2, 0.25) is 0 Å². The first-order valence-corrected chi connectivity index (χ1v) is 15.9. The van der Waals surface area contributed by atoms with Crippen LogP contribution in [0.2, 0.25) is 0 Å². The molecule has 0 N–H and O–H groups in total. The zero-order valence-electron chi connectivity index (χ0n) is 23.8. The average molecular weight is 615 g/mol. The Labute approximate surface area is 246 Å². The molecule has 2 aliphatic rings. The van der Waals surface area contributed by atoms with Crippen LogP contribution in [0.3, 0.4) is 0 Å². The van der Waals surface area contributed by atoms with E-state index in [0.29, 0.717) is 55.2 Å². The lowest BCUT2D eigenvalue weighted by molar-refractivity contribution is -0.142. The lowest BCUT2D eigenvalue weighted by atomic mass is 9.78. The quantitative estimate of drug-likeness (QED) is 0.172. The maximum atomic E-state index is 15.5. The number of alkyl halides is 3. The van der Waals surface area contributed by atoms with Crippen LogP contribution in [-0.4, -0.2) is 12.7 Å². The number of unbranched alkanes of at least 4 members (excludes halogenated alkanes) is 2. The second-order valence-electron chi connectivity index (χ2n) is 12.1. The van der Waals surface area contributed by atoms with E-state index in [-0.39, 0.29) is 35.0 Å². The predicted octanol–water partition coefficient (Wildman–Crippen LogP) is 11.2. The van der Waals surface area contributed by atoms with E-state index in [1.165, 1.54) is 17.4 Å². The molecule has 0 aliphatic heterocycles. The summed E-state index contributed by atoms with van der Waals surface area (Å²) in [5.74, 6) is -4.13. The van der Waals surface area contributed by atoms with E-state index in [1.54, 1.807) is 0 Å². The van der Waals surface area contributed by atoms with E-state index in [0.717, 1.165) is 55.5 Å². The van der Waals surface area contributed by atoms with Crippen LogP contribution in [0.4, 0.5) is 30.7 Å². The highest BCUT2D eigenvalue weighted by atomic mass is 32.1. The number of ether oxygens (including phenoxy) is 1. The highest BCUT2D eigenvalue weighted by Gasteiger charge is 2.38. The Morgan fingerprint density at radius 1 is 0.786 bits per heavy atom. The monoisotopic (exact) mass is 614 g/mol. The Morgan fingerprint density at radius 3 is 2.05 bits per heavy atom. The number of hydrogen-bond donors (Lipinski definition) is 0. The molecule has 3 aromatic rings. The van der Waals surface area contributed by atoms with Gasteiger partial charge in [-0.1, -0.05) is 19.8 Å². The average Bonchev–Trinajstić information content (AvgIpc) is 3.35. The van der Waals surface area contributed by atoms with Gasteiger partial charge in [-0.2, -0.15) is 13.2 Å². The summed E-state index contributed by atoms with van der Waals surface area (Å²) in [6, 6.07) is 5.05. The minimum Gasteiger partial charge on any atom is -0.378 e. The van der Waals surface area contributed by atoms with Gasteiger partial charge >= 0.3 is 6.18 Å². The van der Waals surface area contributed by atoms with Gasteiger partial charge in [0.1, 0.15) is 28.8 Å². The van der Waals surface area contributed by atoms with Crippen LogP contribution >= 0.6 is 11.3 Å². The number of aryl methyl sites for hydroxylation is 1. The highest BCUT2D eigenvalue weighted by molar-refractivity contribution is 7.19. The van der Waals surface area contributed by atoms with E-state index < -0.39 is 35.0 Å². The van der Waals surface area contributed by atoms with Crippen LogP contribution in [0.1, 0.15) is 111 Å². The van der Waals surface area contributed by atoms with Crippen molar-refractivity contribution in [3.63, 3.8) is 0 Å². The molecule has 0 atom stereocenters. The summed E-state index contributed by atoms with van der Waals surface area (Å²) in [5.41, 5.74) is -1.37. The van der Waals surface area contributed by atoms with Crippen molar-refractivity contribution in [2.45, 2.75) is 108 Å². The van der Waals surface area contributed by atoms with Crippen molar-refractivity contribution in [3.8, 4) is 0 Å². The summed E-state index contributed by atoms with van der Waals surface area (Å²) in [5, 5.41) is 0.644. The molecule has 2 saturated carbocycles. The molecular weight excluding hydrogens is 577 g/mol. The van der Waals surface area contributed by atoms with E-state index in [1.807, 2.05) is 6.07 Å². The lowest BCUT2D eigenvalue weighted by Gasteiger charge is -2.33. The summed E-state index contributed by atoms with van der Waals surface area (Å²) < 4.78 is 104. The van der Waals surface area contributed by atoms with Crippen molar-refractivity contribution in [2.75, 3.05) is 6.61 Å². The molecule has 5 rings (SSSR count). The molecule has 1 aromatic heterocycles. The zero-order valence-corrected chi connectivity index (χ0v) is 24.6. The van der Waals surface area contributed by atoms with Crippen LogP contribution in [-0.2, 0) is 17.3 Å². The third-order valence-corrected chi connectivity index (χ3v) is 10.3. The third-order valence-electron chi connectivity index (χ3n) is 9.13.